The number of nitrogens with one attached hydrogen (secondary N) is 1. The summed E-state index contributed by atoms with van der Waals surface area (Å²) in [5.41, 5.74) is 2.43. The van der Waals surface area contributed by atoms with Gasteiger partial charge in [0.2, 0.25) is 5.28 Å². The smallest absolute Gasteiger partial charge is 0.224 e. The summed E-state index contributed by atoms with van der Waals surface area (Å²) in [5.74, 6) is 0.615. The Bertz CT molecular complexity index is 1200. The van der Waals surface area contributed by atoms with Gasteiger partial charge in [-0.1, -0.05) is 18.2 Å². The third kappa shape index (κ3) is 3.26. The van der Waals surface area contributed by atoms with Crippen LogP contribution in [-0.2, 0) is 0 Å². The van der Waals surface area contributed by atoms with Crippen molar-refractivity contribution >= 4 is 28.5 Å². The van der Waals surface area contributed by atoms with E-state index in [4.69, 9.17) is 11.6 Å². The molecule has 2 aromatic heterocycles. The van der Waals surface area contributed by atoms with Gasteiger partial charge in [-0.3, -0.25) is 4.57 Å². The molecule has 4 aromatic rings. The second kappa shape index (κ2) is 7.25. The molecule has 0 amide bonds. The van der Waals surface area contributed by atoms with Crippen LogP contribution in [0.25, 0.3) is 16.7 Å². The van der Waals surface area contributed by atoms with Crippen molar-refractivity contribution in [2.24, 2.45) is 0 Å². The highest BCUT2D eigenvalue weighted by molar-refractivity contribution is 6.28. The number of nitriles is 1. The van der Waals surface area contributed by atoms with E-state index >= 15 is 0 Å². The van der Waals surface area contributed by atoms with Gasteiger partial charge in [0.15, 0.2) is 0 Å². The molecule has 0 fully saturated rings. The number of hydrogen-bond acceptors (Lipinski definition) is 5. The van der Waals surface area contributed by atoms with Crippen molar-refractivity contribution in [3.05, 3.63) is 77.2 Å². The average Bonchev–Trinajstić information content (AvgIpc) is 3.07. The molecule has 8 heteroatoms. The second-order valence-corrected chi connectivity index (χ2v) is 6.49. The Morgan fingerprint density at radius 2 is 1.96 bits per heavy atom. The molecular formula is C20H14ClFN6. The van der Waals surface area contributed by atoms with Crippen molar-refractivity contribution in [1.29, 1.82) is 5.26 Å². The second-order valence-electron chi connectivity index (χ2n) is 6.15. The molecule has 2 heterocycles. The summed E-state index contributed by atoms with van der Waals surface area (Å²) in [6, 6.07) is 15.7. The largest absolute Gasteiger partial charge is 0.359 e. The van der Waals surface area contributed by atoms with Crippen LogP contribution < -0.4 is 5.32 Å². The maximum atomic E-state index is 13.9. The number of hydrogen-bond donors (Lipinski definition) is 1. The van der Waals surface area contributed by atoms with Crippen LogP contribution in [0.4, 0.5) is 10.2 Å². The van der Waals surface area contributed by atoms with Gasteiger partial charge in [0, 0.05) is 11.8 Å². The van der Waals surface area contributed by atoms with Crippen LogP contribution in [0, 0.1) is 17.1 Å². The van der Waals surface area contributed by atoms with Crippen molar-refractivity contribution < 1.29 is 4.39 Å². The lowest BCUT2D eigenvalue weighted by Gasteiger charge is -2.17. The van der Waals surface area contributed by atoms with E-state index < -0.39 is 0 Å². The quantitative estimate of drug-likeness (QED) is 0.511. The molecule has 4 rings (SSSR count). The molecule has 6 nitrogen and oxygen atoms in total. The van der Waals surface area contributed by atoms with Gasteiger partial charge in [-0.2, -0.15) is 10.2 Å². The van der Waals surface area contributed by atoms with Crippen LogP contribution in [0.1, 0.15) is 24.4 Å². The van der Waals surface area contributed by atoms with Crippen LogP contribution >= 0.6 is 11.6 Å². The van der Waals surface area contributed by atoms with Crippen molar-refractivity contribution in [1.82, 2.24) is 19.5 Å². The lowest BCUT2D eigenvalue weighted by Crippen LogP contribution is -2.15. The third-order valence-corrected chi connectivity index (χ3v) is 4.46. The van der Waals surface area contributed by atoms with Crippen LogP contribution in [-0.4, -0.2) is 19.5 Å². The molecule has 0 aliphatic heterocycles. The Kier molecular flexibility index (Phi) is 4.63. The fraction of sp³-hybridized carbons (Fsp3) is 0.100. The standard InChI is InChI=1S/C20H14ClFN6/c1-12(25-18-13(10-23)11-24-20(21)27-18)19-26-16-8-7-14(22)9-17(16)28(19)15-5-3-2-4-6-15/h2-9,11-12H,1H3,(H,24,25,27)/t12-/m0/s1. The van der Waals surface area contributed by atoms with Crippen LogP contribution in [0.3, 0.4) is 0 Å². The molecule has 0 bridgehead atoms. The minimum Gasteiger partial charge on any atom is -0.359 e. The van der Waals surface area contributed by atoms with Crippen molar-refractivity contribution in [3.63, 3.8) is 0 Å². The Morgan fingerprint density at radius 1 is 1.18 bits per heavy atom. The van der Waals surface area contributed by atoms with E-state index in [1.54, 1.807) is 6.07 Å². The maximum Gasteiger partial charge on any atom is 0.224 e. The summed E-state index contributed by atoms with van der Waals surface area (Å²) in [5, 5.41) is 12.5. The summed E-state index contributed by atoms with van der Waals surface area (Å²) in [4.78, 5) is 12.6. The van der Waals surface area contributed by atoms with Crippen molar-refractivity contribution in [2.45, 2.75) is 13.0 Å². The lowest BCUT2D eigenvalue weighted by atomic mass is 10.2. The van der Waals surface area contributed by atoms with Gasteiger partial charge < -0.3 is 5.32 Å². The molecular weight excluding hydrogens is 379 g/mol. The minimum absolute atomic E-state index is 0.0346. The number of rotatable bonds is 4. The van der Waals surface area contributed by atoms with E-state index in [0.717, 1.165) is 5.69 Å². The molecule has 1 N–H and O–H groups in total. The monoisotopic (exact) mass is 392 g/mol. The Labute approximate surface area is 165 Å². The highest BCUT2D eigenvalue weighted by Gasteiger charge is 2.20. The Balaban J connectivity index is 1.85. The topological polar surface area (TPSA) is 79.4 Å². The summed E-state index contributed by atoms with van der Waals surface area (Å²) < 4.78 is 15.8. The highest BCUT2D eigenvalue weighted by Crippen LogP contribution is 2.28. The minimum atomic E-state index is -0.353. The van der Waals surface area contributed by atoms with E-state index in [0.29, 0.717) is 22.7 Å². The average molecular weight is 393 g/mol. The van der Waals surface area contributed by atoms with E-state index in [9.17, 15) is 9.65 Å². The lowest BCUT2D eigenvalue weighted by molar-refractivity contribution is 0.629. The van der Waals surface area contributed by atoms with Gasteiger partial charge in [-0.25, -0.2) is 14.4 Å². The molecule has 0 aliphatic rings. The summed E-state index contributed by atoms with van der Waals surface area (Å²) in [7, 11) is 0. The fourth-order valence-electron chi connectivity index (χ4n) is 3.03. The SMILES string of the molecule is C[C@H](Nc1nc(Cl)ncc1C#N)c1nc2ccc(F)cc2n1-c1ccccc1. The molecule has 0 saturated carbocycles. The summed E-state index contributed by atoms with van der Waals surface area (Å²) in [6.45, 7) is 1.88. The van der Waals surface area contributed by atoms with E-state index in [1.165, 1.54) is 18.3 Å². The molecule has 1 atom stereocenters. The van der Waals surface area contributed by atoms with Gasteiger partial charge >= 0.3 is 0 Å². The number of anilines is 1. The van der Waals surface area contributed by atoms with E-state index in [2.05, 4.69) is 20.3 Å². The predicted molar refractivity (Wildman–Crippen MR) is 105 cm³/mol. The molecule has 0 spiro atoms. The van der Waals surface area contributed by atoms with Crippen LogP contribution in [0.15, 0.2) is 54.7 Å². The first-order chi connectivity index (χ1) is 13.6. The number of halogens is 2. The van der Waals surface area contributed by atoms with Gasteiger partial charge in [-0.15, -0.1) is 0 Å². The summed E-state index contributed by atoms with van der Waals surface area (Å²) in [6.07, 6.45) is 1.36. The van der Waals surface area contributed by atoms with E-state index in [1.807, 2.05) is 47.9 Å². The number of aromatic nitrogens is 4. The number of benzene rings is 2. The normalized spacial score (nSPS) is 11.9. The number of fused-ring (bicyclic) bond motifs is 1. The van der Waals surface area contributed by atoms with Crippen molar-refractivity contribution in [3.8, 4) is 11.8 Å². The molecule has 0 unspecified atom stereocenters. The number of nitrogens with zero attached hydrogens (tertiary/aromatic N) is 5. The van der Waals surface area contributed by atoms with Gasteiger partial charge in [0.1, 0.15) is 29.1 Å². The fourth-order valence-corrected chi connectivity index (χ4v) is 3.16. The summed E-state index contributed by atoms with van der Waals surface area (Å²) >= 11 is 5.88. The highest BCUT2D eigenvalue weighted by atomic mass is 35.5. The molecule has 0 saturated heterocycles. The first-order valence-corrected chi connectivity index (χ1v) is 8.87. The van der Waals surface area contributed by atoms with Gasteiger partial charge in [-0.05, 0) is 42.8 Å². The van der Waals surface area contributed by atoms with E-state index in [-0.39, 0.29) is 22.7 Å². The number of imidazole rings is 1. The molecule has 138 valence electrons. The Morgan fingerprint density at radius 3 is 2.71 bits per heavy atom. The number of para-hydroxylation sites is 1. The first kappa shape index (κ1) is 17.9. The van der Waals surface area contributed by atoms with Crippen molar-refractivity contribution in [2.75, 3.05) is 5.32 Å². The zero-order chi connectivity index (χ0) is 19.7. The zero-order valence-corrected chi connectivity index (χ0v) is 15.5. The van der Waals surface area contributed by atoms with Gasteiger partial charge in [0.25, 0.3) is 0 Å². The predicted octanol–water partition coefficient (Wildman–Crippen LogP) is 4.65. The molecule has 0 radical (unpaired) electrons. The van der Waals surface area contributed by atoms with Crippen LogP contribution in [0.2, 0.25) is 5.28 Å². The molecule has 28 heavy (non-hydrogen) atoms. The zero-order valence-electron chi connectivity index (χ0n) is 14.8. The molecule has 2 aromatic carbocycles. The first-order valence-electron chi connectivity index (χ1n) is 8.49. The maximum absolute atomic E-state index is 13.9. The van der Waals surface area contributed by atoms with Gasteiger partial charge in [0.05, 0.1) is 23.3 Å². The molecule has 0 aliphatic carbocycles. The Hall–Kier alpha value is -3.50. The van der Waals surface area contributed by atoms with Crippen LogP contribution in [0.5, 0.6) is 0 Å². The third-order valence-electron chi connectivity index (χ3n) is 4.28.